The topological polar surface area (TPSA) is 111 Å². The Kier molecular flexibility index (Phi) is 38.1. The molecule has 0 aliphatic heterocycles. The Hall–Kier alpha value is -2.55. The molecule has 0 saturated heterocycles. The Morgan fingerprint density at radius 2 is 1.00 bits per heavy atom. The molecule has 0 saturated carbocycles. The molecule has 2 atom stereocenters. The van der Waals surface area contributed by atoms with Gasteiger partial charge in [0.2, 0.25) is 0 Å². The lowest BCUT2D eigenvalue weighted by Gasteiger charge is -2.28. The van der Waals surface area contributed by atoms with Crippen molar-refractivity contribution in [3.63, 3.8) is 0 Å². The van der Waals surface area contributed by atoms with Crippen molar-refractivity contribution in [1.82, 2.24) is 0 Å². The van der Waals surface area contributed by atoms with Crippen LogP contribution in [0.5, 0.6) is 0 Å². The number of phosphoric acid groups is 1. The highest BCUT2D eigenvalue weighted by molar-refractivity contribution is 7.45. The lowest BCUT2D eigenvalue weighted by Crippen LogP contribution is -2.37. The molecule has 0 radical (unpaired) electrons. The fourth-order valence-electron chi connectivity index (χ4n) is 5.68. The lowest BCUT2D eigenvalue weighted by atomic mass is 10.1. The van der Waals surface area contributed by atoms with E-state index in [-0.39, 0.29) is 26.1 Å². The Bertz CT molecular complexity index is 1220. The molecule has 334 valence electrons. The fraction of sp³-hybridized carbons (Fsp3) is 0.708. The summed E-state index contributed by atoms with van der Waals surface area (Å²) in [6, 6.07) is 0. The second-order valence-electron chi connectivity index (χ2n) is 16.0. The van der Waals surface area contributed by atoms with Crippen LogP contribution in [0.2, 0.25) is 0 Å². The minimum atomic E-state index is -4.65. The van der Waals surface area contributed by atoms with Gasteiger partial charge < -0.3 is 27.9 Å². The van der Waals surface area contributed by atoms with Crippen LogP contribution in [0.15, 0.2) is 72.9 Å². The molecule has 10 heteroatoms. The van der Waals surface area contributed by atoms with Crippen LogP contribution < -0.4 is 4.89 Å². The first kappa shape index (κ1) is 55.5. The number of carbonyl (C=O) groups excluding carboxylic acids is 2. The Labute approximate surface area is 355 Å². The smallest absolute Gasteiger partial charge is 0.306 e. The number of carbonyl (C=O) groups is 2. The molecule has 0 bridgehead atoms. The first-order chi connectivity index (χ1) is 28.0. The van der Waals surface area contributed by atoms with Crippen molar-refractivity contribution in [2.45, 2.75) is 174 Å². The minimum Gasteiger partial charge on any atom is -0.756 e. The van der Waals surface area contributed by atoms with Gasteiger partial charge in [-0.3, -0.25) is 14.2 Å². The van der Waals surface area contributed by atoms with E-state index in [4.69, 9.17) is 18.5 Å². The van der Waals surface area contributed by atoms with E-state index < -0.39 is 32.5 Å². The molecule has 0 spiro atoms. The van der Waals surface area contributed by atoms with E-state index in [0.717, 1.165) is 57.8 Å². The van der Waals surface area contributed by atoms with Gasteiger partial charge in [-0.25, -0.2) is 0 Å². The Morgan fingerprint density at radius 3 is 1.53 bits per heavy atom. The summed E-state index contributed by atoms with van der Waals surface area (Å²) in [4.78, 5) is 37.5. The average molecular weight is 834 g/mol. The van der Waals surface area contributed by atoms with E-state index >= 15 is 0 Å². The number of likely N-dealkylation sites (N-methyl/N-ethyl adjacent to an activating group) is 1. The number of phosphoric ester groups is 1. The lowest BCUT2D eigenvalue weighted by molar-refractivity contribution is -0.870. The number of rotatable bonds is 40. The number of quaternary nitrogens is 1. The predicted molar refractivity (Wildman–Crippen MR) is 240 cm³/mol. The average Bonchev–Trinajstić information content (AvgIpc) is 3.17. The zero-order valence-corrected chi connectivity index (χ0v) is 38.4. The van der Waals surface area contributed by atoms with Gasteiger partial charge in [0, 0.05) is 12.8 Å². The fourth-order valence-corrected chi connectivity index (χ4v) is 6.41. The maximum Gasteiger partial charge on any atom is 0.306 e. The molecule has 0 rings (SSSR count). The molecule has 9 nitrogen and oxygen atoms in total. The summed E-state index contributed by atoms with van der Waals surface area (Å²) < 4.78 is 33.8. The highest BCUT2D eigenvalue weighted by atomic mass is 31.2. The summed E-state index contributed by atoms with van der Waals surface area (Å²) in [5, 5.41) is 0. The van der Waals surface area contributed by atoms with Crippen molar-refractivity contribution in [2.75, 3.05) is 47.5 Å². The summed E-state index contributed by atoms with van der Waals surface area (Å²) in [6.45, 7) is 4.03. The van der Waals surface area contributed by atoms with Crippen LogP contribution >= 0.6 is 7.82 Å². The van der Waals surface area contributed by atoms with E-state index in [2.05, 4.69) is 80.7 Å². The maximum atomic E-state index is 12.7. The van der Waals surface area contributed by atoms with Crippen molar-refractivity contribution >= 4 is 19.8 Å². The normalized spacial score (nSPS) is 14.2. The Balaban J connectivity index is 4.45. The van der Waals surface area contributed by atoms with Crippen LogP contribution in [0.3, 0.4) is 0 Å². The zero-order valence-electron chi connectivity index (χ0n) is 37.5. The third-order valence-electron chi connectivity index (χ3n) is 9.21. The third kappa shape index (κ3) is 43.0. The first-order valence-electron chi connectivity index (χ1n) is 22.6. The summed E-state index contributed by atoms with van der Waals surface area (Å²) in [5.41, 5.74) is 0. The van der Waals surface area contributed by atoms with Gasteiger partial charge in [-0.15, -0.1) is 0 Å². The van der Waals surface area contributed by atoms with Gasteiger partial charge in [-0.05, 0) is 77.0 Å². The molecule has 0 aliphatic carbocycles. The first-order valence-corrected chi connectivity index (χ1v) is 24.1. The largest absolute Gasteiger partial charge is 0.756 e. The molecule has 0 heterocycles. The van der Waals surface area contributed by atoms with Gasteiger partial charge in [0.15, 0.2) is 6.10 Å². The summed E-state index contributed by atoms with van der Waals surface area (Å²) >= 11 is 0. The monoisotopic (exact) mass is 834 g/mol. The third-order valence-corrected chi connectivity index (χ3v) is 10.2. The molecule has 0 aromatic carbocycles. The SMILES string of the molecule is CC/C=C/C/C=C/C/C=C/C/C=C/C/C=C/CCCC(=O)O[C@H](COC(=O)CCCCCCCCC/C=C/CCCCCCCC)COP(=O)([O-])OCC[N+](C)(C)C. The van der Waals surface area contributed by atoms with Gasteiger partial charge >= 0.3 is 11.9 Å². The number of ether oxygens (including phenoxy) is 2. The molecule has 0 aromatic heterocycles. The molecule has 0 amide bonds. The highest BCUT2D eigenvalue weighted by Crippen LogP contribution is 2.38. The van der Waals surface area contributed by atoms with Gasteiger partial charge in [0.1, 0.15) is 19.8 Å². The number of allylic oxidation sites excluding steroid dienone is 12. The van der Waals surface area contributed by atoms with Gasteiger partial charge in [0.05, 0.1) is 27.7 Å². The molecule has 58 heavy (non-hydrogen) atoms. The zero-order chi connectivity index (χ0) is 42.8. The van der Waals surface area contributed by atoms with Crippen molar-refractivity contribution in [1.29, 1.82) is 0 Å². The van der Waals surface area contributed by atoms with E-state index in [1.165, 1.54) is 64.2 Å². The van der Waals surface area contributed by atoms with E-state index in [1.807, 2.05) is 27.2 Å². The van der Waals surface area contributed by atoms with Gasteiger partial charge in [-0.1, -0.05) is 151 Å². The number of hydrogen-bond acceptors (Lipinski definition) is 8. The van der Waals surface area contributed by atoms with Crippen molar-refractivity contribution < 1.29 is 42.1 Å². The molecular formula is C48H84NO8P. The van der Waals surface area contributed by atoms with E-state index in [1.54, 1.807) is 0 Å². The standard InChI is InChI=1S/C48H84NO8P/c1-6-8-10-12-14-16-18-20-22-24-26-28-30-32-34-36-38-40-47(50)54-44-46(45-56-58(52,53)55-43-42-49(3,4)5)57-48(51)41-39-37-35-33-31-29-27-25-23-21-19-17-15-13-11-9-7-2/h9,11,15,17,20-23,27,29,33,35,46H,6-8,10,12-14,16,18-19,24-26,28,30-32,34,36-45H2,1-5H3/b11-9+,17-15+,22-20+,23-21+,29-27+,35-33+/t46-/m1/s1. The number of hydrogen-bond donors (Lipinski definition) is 0. The maximum absolute atomic E-state index is 12.7. The molecule has 0 fully saturated rings. The summed E-state index contributed by atoms with van der Waals surface area (Å²) in [7, 11) is 1.12. The molecule has 1 unspecified atom stereocenters. The van der Waals surface area contributed by atoms with Crippen LogP contribution in [0.4, 0.5) is 0 Å². The van der Waals surface area contributed by atoms with Gasteiger partial charge in [-0.2, -0.15) is 0 Å². The Morgan fingerprint density at radius 1 is 0.552 bits per heavy atom. The van der Waals surface area contributed by atoms with Crippen LogP contribution in [0.25, 0.3) is 0 Å². The predicted octanol–water partition coefficient (Wildman–Crippen LogP) is 12.4. The van der Waals surface area contributed by atoms with Crippen molar-refractivity contribution in [3.8, 4) is 0 Å². The van der Waals surface area contributed by atoms with Crippen molar-refractivity contribution in [2.24, 2.45) is 0 Å². The van der Waals surface area contributed by atoms with Crippen molar-refractivity contribution in [3.05, 3.63) is 72.9 Å². The van der Waals surface area contributed by atoms with Gasteiger partial charge in [0.25, 0.3) is 7.82 Å². The number of nitrogens with zero attached hydrogens (tertiary/aromatic N) is 1. The quantitative estimate of drug-likeness (QED) is 0.0197. The van der Waals surface area contributed by atoms with E-state index in [0.29, 0.717) is 30.3 Å². The van der Waals surface area contributed by atoms with Crippen LogP contribution in [-0.4, -0.2) is 70.0 Å². The van der Waals surface area contributed by atoms with Crippen LogP contribution in [0, 0.1) is 0 Å². The number of unbranched alkanes of at least 4 members (excludes halogenated alkanes) is 14. The van der Waals surface area contributed by atoms with Crippen LogP contribution in [0.1, 0.15) is 168 Å². The molecule has 0 aromatic rings. The summed E-state index contributed by atoms with van der Waals surface area (Å²) in [6.07, 6.45) is 49.4. The minimum absolute atomic E-state index is 0.0454. The summed E-state index contributed by atoms with van der Waals surface area (Å²) in [5.74, 6) is -0.912. The molecular weight excluding hydrogens is 750 g/mol. The second-order valence-corrected chi connectivity index (χ2v) is 17.4. The highest BCUT2D eigenvalue weighted by Gasteiger charge is 2.21. The number of esters is 2. The van der Waals surface area contributed by atoms with E-state index in [9.17, 15) is 19.0 Å². The molecule has 0 aliphatic rings. The van der Waals surface area contributed by atoms with Crippen LogP contribution in [-0.2, 0) is 32.7 Å². The molecule has 0 N–H and O–H groups in total. The second kappa shape index (κ2) is 39.9.